The van der Waals surface area contributed by atoms with E-state index in [4.69, 9.17) is 9.47 Å². The molecule has 3 aromatic rings. The molecule has 0 radical (unpaired) electrons. The molecule has 1 aliphatic rings. The number of ketones is 1. The zero-order chi connectivity index (χ0) is 18.4. The number of rotatable bonds is 2. The van der Waals surface area contributed by atoms with E-state index in [2.05, 4.69) is 0 Å². The van der Waals surface area contributed by atoms with Gasteiger partial charge in [-0.1, -0.05) is 0 Å². The predicted molar refractivity (Wildman–Crippen MR) is 90.7 cm³/mol. The summed E-state index contributed by atoms with van der Waals surface area (Å²) in [7, 11) is 0. The molecule has 26 heavy (non-hydrogen) atoms. The third-order valence-corrected chi connectivity index (χ3v) is 4.25. The number of aromatic hydroxyl groups is 1. The summed E-state index contributed by atoms with van der Waals surface area (Å²) >= 11 is 0. The van der Waals surface area contributed by atoms with E-state index in [1.807, 2.05) is 0 Å². The number of nitrogens with zero attached hydrogens (tertiary/aromatic N) is 1. The van der Waals surface area contributed by atoms with Crippen LogP contribution in [0.5, 0.6) is 17.4 Å². The molecule has 2 aromatic carbocycles. The summed E-state index contributed by atoms with van der Waals surface area (Å²) in [5, 5.41) is 10.8. The summed E-state index contributed by atoms with van der Waals surface area (Å²) in [5.74, 6) is -1.16. The highest BCUT2D eigenvalue weighted by molar-refractivity contribution is 6.19. The number of halogens is 1. The van der Waals surface area contributed by atoms with Crippen LogP contribution in [0.2, 0.25) is 0 Å². The van der Waals surface area contributed by atoms with Gasteiger partial charge in [0.15, 0.2) is 17.3 Å². The molecule has 0 unspecified atom stereocenters. The lowest BCUT2D eigenvalue weighted by Gasteiger charge is -2.18. The van der Waals surface area contributed by atoms with Gasteiger partial charge in [-0.3, -0.25) is 9.59 Å². The highest BCUT2D eigenvalue weighted by Crippen LogP contribution is 2.36. The number of fused-ring (bicyclic) bond motifs is 2. The van der Waals surface area contributed by atoms with Crippen molar-refractivity contribution in [3.8, 4) is 17.4 Å². The normalized spacial score (nSPS) is 13.0. The Morgan fingerprint density at radius 2 is 1.81 bits per heavy atom. The number of carbonyl (C=O) groups is 2. The smallest absolute Gasteiger partial charge is 0.230 e. The van der Waals surface area contributed by atoms with E-state index < -0.39 is 23.4 Å². The van der Waals surface area contributed by atoms with Crippen molar-refractivity contribution in [3.63, 3.8) is 0 Å². The van der Waals surface area contributed by atoms with Crippen LogP contribution in [-0.2, 0) is 0 Å². The van der Waals surface area contributed by atoms with Gasteiger partial charge in [0.1, 0.15) is 19.0 Å². The van der Waals surface area contributed by atoms with Crippen molar-refractivity contribution in [2.24, 2.45) is 0 Å². The number of carbonyl (C=O) groups excluding carboxylic acids is 2. The van der Waals surface area contributed by atoms with Crippen LogP contribution < -0.4 is 9.47 Å². The van der Waals surface area contributed by atoms with Gasteiger partial charge in [-0.15, -0.1) is 0 Å². The van der Waals surface area contributed by atoms with Crippen molar-refractivity contribution in [2.75, 3.05) is 13.2 Å². The molecule has 4 rings (SSSR count). The lowest BCUT2D eigenvalue weighted by Crippen LogP contribution is -2.16. The van der Waals surface area contributed by atoms with E-state index in [9.17, 15) is 19.1 Å². The zero-order valence-electron chi connectivity index (χ0n) is 13.8. The highest BCUT2D eigenvalue weighted by atomic mass is 19.1. The fourth-order valence-corrected chi connectivity index (χ4v) is 3.12. The number of aromatic nitrogens is 1. The van der Waals surface area contributed by atoms with E-state index in [0.717, 1.165) is 10.6 Å². The lowest BCUT2D eigenvalue weighted by molar-refractivity contribution is 0.0933. The van der Waals surface area contributed by atoms with Crippen molar-refractivity contribution in [1.29, 1.82) is 0 Å². The number of benzene rings is 2. The van der Waals surface area contributed by atoms with Crippen LogP contribution in [0.1, 0.15) is 27.6 Å². The summed E-state index contributed by atoms with van der Waals surface area (Å²) in [6.45, 7) is 2.03. The summed E-state index contributed by atoms with van der Waals surface area (Å²) in [6.07, 6.45) is 0. The van der Waals surface area contributed by atoms with Crippen LogP contribution in [0.25, 0.3) is 10.9 Å². The molecule has 132 valence electrons. The quantitative estimate of drug-likeness (QED) is 0.715. The first-order valence-corrected chi connectivity index (χ1v) is 7.95. The van der Waals surface area contributed by atoms with Crippen molar-refractivity contribution < 1.29 is 28.6 Å². The van der Waals surface area contributed by atoms with Crippen molar-refractivity contribution >= 4 is 22.6 Å². The topological polar surface area (TPSA) is 77.8 Å². The summed E-state index contributed by atoms with van der Waals surface area (Å²) in [6, 6.07) is 8.34. The standard InChI is InChI=1S/C19H14FNO5/c1-10(22)21-14-9-12(20)3-4-13(14)17(19(21)24)18(23)11-2-5-15-16(8-11)26-7-6-25-15/h2-5,8-9,24H,6-7H2,1H3. The fraction of sp³-hybridized carbons (Fsp3) is 0.158. The number of hydrogen-bond acceptors (Lipinski definition) is 5. The molecule has 1 aromatic heterocycles. The largest absolute Gasteiger partial charge is 0.494 e. The average Bonchev–Trinajstić information content (AvgIpc) is 2.91. The molecule has 0 saturated heterocycles. The Kier molecular flexibility index (Phi) is 3.64. The Morgan fingerprint density at radius 3 is 2.54 bits per heavy atom. The second-order valence-corrected chi connectivity index (χ2v) is 5.90. The third kappa shape index (κ3) is 2.40. The van der Waals surface area contributed by atoms with Gasteiger partial charge >= 0.3 is 0 Å². The summed E-state index contributed by atoms with van der Waals surface area (Å²) in [4.78, 5) is 24.9. The fourth-order valence-electron chi connectivity index (χ4n) is 3.12. The highest BCUT2D eigenvalue weighted by Gasteiger charge is 2.26. The summed E-state index contributed by atoms with van der Waals surface area (Å²) in [5.41, 5.74) is 0.333. The zero-order valence-corrected chi connectivity index (χ0v) is 13.8. The van der Waals surface area contributed by atoms with E-state index >= 15 is 0 Å². The predicted octanol–water partition coefficient (Wildman–Crippen LogP) is 3.15. The molecule has 1 N–H and O–H groups in total. The van der Waals surface area contributed by atoms with Crippen LogP contribution in [-0.4, -0.2) is 34.6 Å². The Bertz CT molecular complexity index is 1070. The van der Waals surface area contributed by atoms with Crippen LogP contribution in [0.4, 0.5) is 4.39 Å². The Labute approximate surface area is 147 Å². The number of hydrogen-bond donors (Lipinski definition) is 1. The van der Waals surface area contributed by atoms with Gasteiger partial charge in [-0.2, -0.15) is 0 Å². The van der Waals surface area contributed by atoms with Crippen LogP contribution in [0, 0.1) is 5.82 Å². The second kappa shape index (κ2) is 5.87. The van der Waals surface area contributed by atoms with Gasteiger partial charge in [0.25, 0.3) is 0 Å². The van der Waals surface area contributed by atoms with E-state index in [1.54, 1.807) is 12.1 Å². The van der Waals surface area contributed by atoms with Gasteiger partial charge in [0.2, 0.25) is 11.8 Å². The van der Waals surface area contributed by atoms with E-state index in [1.165, 1.54) is 25.1 Å². The van der Waals surface area contributed by atoms with E-state index in [-0.39, 0.29) is 16.6 Å². The average molecular weight is 355 g/mol. The minimum Gasteiger partial charge on any atom is -0.494 e. The molecule has 0 spiro atoms. The third-order valence-electron chi connectivity index (χ3n) is 4.25. The Balaban J connectivity index is 1.90. The molecule has 1 aliphatic heterocycles. The van der Waals surface area contributed by atoms with Crippen molar-refractivity contribution in [1.82, 2.24) is 4.57 Å². The molecule has 0 saturated carbocycles. The number of ether oxygens (including phenoxy) is 2. The molecule has 0 fully saturated rings. The van der Waals surface area contributed by atoms with Crippen molar-refractivity contribution in [3.05, 3.63) is 53.3 Å². The van der Waals surface area contributed by atoms with Gasteiger partial charge < -0.3 is 14.6 Å². The van der Waals surface area contributed by atoms with Gasteiger partial charge in [0.05, 0.1) is 11.1 Å². The molecule has 2 heterocycles. The van der Waals surface area contributed by atoms with Crippen LogP contribution in [0.15, 0.2) is 36.4 Å². The Hall–Kier alpha value is -3.35. The van der Waals surface area contributed by atoms with Crippen LogP contribution >= 0.6 is 0 Å². The van der Waals surface area contributed by atoms with Gasteiger partial charge in [0, 0.05) is 17.9 Å². The SMILES string of the molecule is CC(=O)n1c(O)c(C(=O)c2ccc3c(c2)OCCO3)c2ccc(F)cc21. The lowest BCUT2D eigenvalue weighted by atomic mass is 10.0. The van der Waals surface area contributed by atoms with Crippen molar-refractivity contribution in [2.45, 2.75) is 6.92 Å². The first kappa shape index (κ1) is 16.1. The monoisotopic (exact) mass is 355 g/mol. The minimum atomic E-state index is -0.573. The summed E-state index contributed by atoms with van der Waals surface area (Å²) < 4.78 is 25.4. The Morgan fingerprint density at radius 1 is 1.08 bits per heavy atom. The van der Waals surface area contributed by atoms with Gasteiger partial charge in [-0.05, 0) is 36.4 Å². The molecule has 6 nitrogen and oxygen atoms in total. The maximum Gasteiger partial charge on any atom is 0.230 e. The minimum absolute atomic E-state index is 0.0631. The first-order chi connectivity index (χ1) is 12.5. The molecule has 0 aliphatic carbocycles. The second-order valence-electron chi connectivity index (χ2n) is 5.90. The molecular weight excluding hydrogens is 341 g/mol. The maximum atomic E-state index is 13.6. The molecule has 0 bridgehead atoms. The first-order valence-electron chi connectivity index (χ1n) is 7.95. The maximum absolute atomic E-state index is 13.6. The van der Waals surface area contributed by atoms with Gasteiger partial charge in [-0.25, -0.2) is 8.96 Å². The molecule has 7 heteroatoms. The molecule has 0 atom stereocenters. The van der Waals surface area contributed by atoms with E-state index in [0.29, 0.717) is 30.1 Å². The van der Waals surface area contributed by atoms with Crippen LogP contribution in [0.3, 0.4) is 0 Å². The molecular formula is C19H14FNO5. The molecule has 0 amide bonds.